The highest BCUT2D eigenvalue weighted by atomic mass is 16.5. The predicted octanol–water partition coefficient (Wildman–Crippen LogP) is 5.13. The lowest BCUT2D eigenvalue weighted by Crippen LogP contribution is -2.44. The van der Waals surface area contributed by atoms with Crippen LogP contribution in [0, 0.1) is 0 Å². The molecule has 0 unspecified atom stereocenters. The topological polar surface area (TPSA) is 132 Å². The zero-order chi connectivity index (χ0) is 29.6. The molecule has 4 aromatic rings. The molecule has 1 aliphatic rings. The van der Waals surface area contributed by atoms with Gasteiger partial charge in [-0.25, -0.2) is 4.79 Å². The number of fused-ring (bicyclic) bond motifs is 1. The first kappa shape index (κ1) is 28.4. The molecular formula is C32H34N6O4. The standard InChI is InChI=1S/C32H34N6O4/c1-3-30(39)38-21(2)18-28(27-6-4-5-7-29(27)38)36-25-12-8-22(9-13-25)24-19-35-37(20-24)17-16-34-31(40)23-10-14-26(15-11-23)42-32(33)41/h4-15,19-21,28,36H,3,16-18H2,1-2H3,(H2,33,41)(H,34,40)/t21-,28+/m0/s1. The fourth-order valence-corrected chi connectivity index (χ4v) is 5.27. The molecule has 0 saturated carbocycles. The van der Waals surface area contributed by atoms with Gasteiger partial charge >= 0.3 is 6.09 Å². The van der Waals surface area contributed by atoms with Gasteiger partial charge in [0.25, 0.3) is 5.91 Å². The van der Waals surface area contributed by atoms with Crippen molar-refractivity contribution in [2.24, 2.45) is 5.73 Å². The largest absolute Gasteiger partial charge is 0.411 e. The molecular weight excluding hydrogens is 532 g/mol. The van der Waals surface area contributed by atoms with Gasteiger partial charge < -0.3 is 26.0 Å². The summed E-state index contributed by atoms with van der Waals surface area (Å²) < 4.78 is 6.57. The number of amides is 3. The van der Waals surface area contributed by atoms with Crippen LogP contribution in [-0.4, -0.2) is 40.3 Å². The van der Waals surface area contributed by atoms with Gasteiger partial charge in [0, 0.05) is 47.7 Å². The van der Waals surface area contributed by atoms with Gasteiger partial charge in [-0.1, -0.05) is 37.3 Å². The molecule has 3 aromatic carbocycles. The summed E-state index contributed by atoms with van der Waals surface area (Å²) in [6.45, 7) is 4.90. The molecule has 0 spiro atoms. The number of carbonyl (C=O) groups excluding carboxylic acids is 3. The van der Waals surface area contributed by atoms with Crippen LogP contribution in [0.2, 0.25) is 0 Å². The van der Waals surface area contributed by atoms with Gasteiger partial charge in [0.15, 0.2) is 0 Å². The quantitative estimate of drug-likeness (QED) is 0.258. The second-order valence-electron chi connectivity index (χ2n) is 10.2. The maximum absolute atomic E-state index is 12.6. The third-order valence-electron chi connectivity index (χ3n) is 7.31. The molecule has 0 aliphatic carbocycles. The number of hydrogen-bond acceptors (Lipinski definition) is 6. The van der Waals surface area contributed by atoms with Crippen LogP contribution in [0.4, 0.5) is 16.2 Å². The lowest BCUT2D eigenvalue weighted by Gasteiger charge is -2.40. The van der Waals surface area contributed by atoms with Crippen LogP contribution in [0.5, 0.6) is 5.75 Å². The summed E-state index contributed by atoms with van der Waals surface area (Å²) in [4.78, 5) is 37.8. The third-order valence-corrected chi connectivity index (χ3v) is 7.31. The highest BCUT2D eigenvalue weighted by Crippen LogP contribution is 2.39. The minimum Gasteiger partial charge on any atom is -0.411 e. The summed E-state index contributed by atoms with van der Waals surface area (Å²) in [5.41, 5.74) is 10.6. The number of nitrogens with zero attached hydrogens (tertiary/aromatic N) is 3. The summed E-state index contributed by atoms with van der Waals surface area (Å²) in [5, 5.41) is 11.0. The number of benzene rings is 3. The van der Waals surface area contributed by atoms with Crippen LogP contribution in [0.15, 0.2) is 85.2 Å². The van der Waals surface area contributed by atoms with Crippen molar-refractivity contribution in [3.63, 3.8) is 0 Å². The molecule has 4 N–H and O–H groups in total. The molecule has 1 aromatic heterocycles. The Balaban J connectivity index is 1.17. The summed E-state index contributed by atoms with van der Waals surface area (Å²) in [5.74, 6) is 0.178. The van der Waals surface area contributed by atoms with Crippen LogP contribution < -0.4 is 26.0 Å². The average molecular weight is 567 g/mol. The summed E-state index contributed by atoms with van der Waals surface area (Å²) >= 11 is 0. The highest BCUT2D eigenvalue weighted by Gasteiger charge is 2.32. The van der Waals surface area contributed by atoms with Gasteiger partial charge in [0.05, 0.1) is 18.8 Å². The average Bonchev–Trinajstić information content (AvgIpc) is 3.46. The zero-order valence-electron chi connectivity index (χ0n) is 23.6. The monoisotopic (exact) mass is 566 g/mol. The minimum atomic E-state index is -0.905. The van der Waals surface area contributed by atoms with E-state index in [2.05, 4.69) is 53.0 Å². The third kappa shape index (κ3) is 6.43. The van der Waals surface area contributed by atoms with Crippen molar-refractivity contribution >= 4 is 29.3 Å². The lowest BCUT2D eigenvalue weighted by atomic mass is 9.91. The van der Waals surface area contributed by atoms with Gasteiger partial charge in [-0.3, -0.25) is 14.3 Å². The lowest BCUT2D eigenvalue weighted by molar-refractivity contribution is -0.118. The Morgan fingerprint density at radius 2 is 1.74 bits per heavy atom. The number of primary amides is 1. The molecule has 0 fully saturated rings. The second kappa shape index (κ2) is 12.6. The Morgan fingerprint density at radius 3 is 2.45 bits per heavy atom. The van der Waals surface area contributed by atoms with Crippen LogP contribution >= 0.6 is 0 Å². The maximum Gasteiger partial charge on any atom is 0.409 e. The van der Waals surface area contributed by atoms with E-state index in [-0.39, 0.29) is 29.6 Å². The van der Waals surface area contributed by atoms with Gasteiger partial charge in [-0.2, -0.15) is 5.10 Å². The fourth-order valence-electron chi connectivity index (χ4n) is 5.27. The Morgan fingerprint density at radius 1 is 1.00 bits per heavy atom. The van der Waals surface area contributed by atoms with Crippen LogP contribution in [0.3, 0.4) is 0 Å². The van der Waals surface area contributed by atoms with Crippen molar-refractivity contribution in [3.05, 3.63) is 96.3 Å². The highest BCUT2D eigenvalue weighted by molar-refractivity contribution is 5.95. The van der Waals surface area contributed by atoms with Gasteiger partial charge in [0.2, 0.25) is 5.91 Å². The second-order valence-corrected chi connectivity index (χ2v) is 10.2. The molecule has 3 amide bonds. The van der Waals surface area contributed by atoms with E-state index in [9.17, 15) is 14.4 Å². The Hall–Kier alpha value is -5.12. The molecule has 2 heterocycles. The van der Waals surface area contributed by atoms with E-state index in [0.717, 1.165) is 34.5 Å². The molecule has 0 radical (unpaired) electrons. The SMILES string of the molecule is CCC(=O)N1c2ccccc2[C@H](Nc2ccc(-c3cnn(CCNC(=O)c4ccc(OC(N)=O)cc4)c3)cc2)C[C@@H]1C. The van der Waals surface area contributed by atoms with E-state index in [1.165, 1.54) is 12.1 Å². The molecule has 0 bridgehead atoms. The van der Waals surface area contributed by atoms with Crippen molar-refractivity contribution in [3.8, 4) is 16.9 Å². The van der Waals surface area contributed by atoms with Crippen molar-refractivity contribution in [2.45, 2.75) is 45.3 Å². The zero-order valence-corrected chi connectivity index (χ0v) is 23.6. The van der Waals surface area contributed by atoms with E-state index in [1.807, 2.05) is 36.2 Å². The molecule has 0 saturated heterocycles. The molecule has 1 aliphatic heterocycles. The first-order chi connectivity index (χ1) is 20.3. The van der Waals surface area contributed by atoms with E-state index in [0.29, 0.717) is 25.1 Å². The van der Waals surface area contributed by atoms with Gasteiger partial charge in [-0.15, -0.1) is 0 Å². The van der Waals surface area contributed by atoms with E-state index in [1.54, 1.807) is 23.0 Å². The molecule has 10 nitrogen and oxygen atoms in total. The minimum absolute atomic E-state index is 0.0994. The molecule has 2 atom stereocenters. The first-order valence-electron chi connectivity index (χ1n) is 14.0. The summed E-state index contributed by atoms with van der Waals surface area (Å²) in [6, 6.07) is 22.7. The number of carbonyl (C=O) groups is 3. The number of nitrogens with two attached hydrogens (primary N) is 1. The smallest absolute Gasteiger partial charge is 0.409 e. The number of nitrogens with one attached hydrogen (secondary N) is 2. The van der Waals surface area contributed by atoms with Crippen molar-refractivity contribution in [1.29, 1.82) is 0 Å². The Labute approximate surface area is 244 Å². The van der Waals surface area contributed by atoms with Crippen LogP contribution in [-0.2, 0) is 11.3 Å². The summed E-state index contributed by atoms with van der Waals surface area (Å²) in [7, 11) is 0. The first-order valence-corrected chi connectivity index (χ1v) is 14.0. The molecule has 10 heteroatoms. The molecule has 5 rings (SSSR count). The normalized spacial score (nSPS) is 15.9. The molecule has 216 valence electrons. The summed E-state index contributed by atoms with van der Waals surface area (Å²) in [6.07, 6.45) is 4.15. The van der Waals surface area contributed by atoms with Gasteiger partial charge in [0.1, 0.15) is 5.75 Å². The van der Waals surface area contributed by atoms with E-state index >= 15 is 0 Å². The van der Waals surface area contributed by atoms with Crippen molar-refractivity contribution < 1.29 is 19.1 Å². The Kier molecular flexibility index (Phi) is 8.52. The fraction of sp³-hybridized carbons (Fsp3) is 0.250. The number of rotatable bonds is 9. The number of para-hydroxylation sites is 1. The van der Waals surface area contributed by atoms with Crippen molar-refractivity contribution in [2.75, 3.05) is 16.8 Å². The number of anilines is 2. The predicted molar refractivity (Wildman–Crippen MR) is 161 cm³/mol. The number of hydrogen-bond donors (Lipinski definition) is 3. The van der Waals surface area contributed by atoms with Crippen LogP contribution in [0.1, 0.15) is 48.7 Å². The number of ether oxygens (including phenoxy) is 1. The number of aromatic nitrogens is 2. The maximum atomic E-state index is 12.6. The van der Waals surface area contributed by atoms with E-state index < -0.39 is 6.09 Å². The van der Waals surface area contributed by atoms with E-state index in [4.69, 9.17) is 10.5 Å². The molecule has 42 heavy (non-hydrogen) atoms. The van der Waals surface area contributed by atoms with Crippen LogP contribution in [0.25, 0.3) is 11.1 Å². The van der Waals surface area contributed by atoms with Crippen molar-refractivity contribution in [1.82, 2.24) is 15.1 Å². The van der Waals surface area contributed by atoms with Gasteiger partial charge in [-0.05, 0) is 66.9 Å². The Bertz CT molecular complexity index is 1560.